The number of aryl methyl sites for hydroxylation is 2. The molecule has 3 nitrogen and oxygen atoms in total. The highest BCUT2D eigenvalue weighted by molar-refractivity contribution is 7.18. The van der Waals surface area contributed by atoms with Crippen LogP contribution >= 0.6 is 22.9 Å². The Labute approximate surface area is 108 Å². The van der Waals surface area contributed by atoms with Crippen LogP contribution in [0.25, 0.3) is 6.08 Å². The van der Waals surface area contributed by atoms with Crippen molar-refractivity contribution in [2.45, 2.75) is 6.92 Å². The summed E-state index contributed by atoms with van der Waals surface area (Å²) in [6, 6.07) is 5.38. The van der Waals surface area contributed by atoms with E-state index in [1.807, 2.05) is 20.0 Å². The highest BCUT2D eigenvalue weighted by Gasteiger charge is 2.05. The number of nitrogens with zero attached hydrogens (tertiary/aromatic N) is 2. The van der Waals surface area contributed by atoms with Crippen molar-refractivity contribution >= 4 is 34.8 Å². The average molecular weight is 267 g/mol. The van der Waals surface area contributed by atoms with Crippen LogP contribution in [0.3, 0.4) is 0 Å². The molecule has 0 spiro atoms. The molecule has 88 valence electrons. The number of thiophene rings is 1. The summed E-state index contributed by atoms with van der Waals surface area (Å²) in [7, 11) is 1.85. The summed E-state index contributed by atoms with van der Waals surface area (Å²) < 4.78 is 2.36. The first-order valence-corrected chi connectivity index (χ1v) is 6.24. The van der Waals surface area contributed by atoms with Crippen molar-refractivity contribution in [2.24, 2.45) is 7.05 Å². The largest absolute Gasteiger partial charge is 0.288 e. The van der Waals surface area contributed by atoms with Crippen LogP contribution in [0.2, 0.25) is 4.34 Å². The second-order valence-electron chi connectivity index (χ2n) is 3.64. The molecule has 0 saturated heterocycles. The molecule has 0 amide bonds. The van der Waals surface area contributed by atoms with Crippen LogP contribution in [0.4, 0.5) is 0 Å². The Morgan fingerprint density at radius 3 is 2.82 bits per heavy atom. The number of aromatic nitrogens is 2. The van der Waals surface area contributed by atoms with E-state index in [9.17, 15) is 4.79 Å². The zero-order valence-corrected chi connectivity index (χ0v) is 11.0. The molecule has 0 fully saturated rings. The van der Waals surface area contributed by atoms with E-state index in [2.05, 4.69) is 5.10 Å². The predicted molar refractivity (Wildman–Crippen MR) is 70.6 cm³/mol. The van der Waals surface area contributed by atoms with Gasteiger partial charge in [-0.05, 0) is 37.3 Å². The molecule has 0 saturated carbocycles. The highest BCUT2D eigenvalue weighted by Crippen LogP contribution is 2.22. The Morgan fingerprint density at radius 2 is 2.29 bits per heavy atom. The topological polar surface area (TPSA) is 34.9 Å². The molecule has 0 aliphatic heterocycles. The first kappa shape index (κ1) is 12.1. The molecule has 2 heterocycles. The van der Waals surface area contributed by atoms with E-state index in [0.29, 0.717) is 9.21 Å². The van der Waals surface area contributed by atoms with Crippen molar-refractivity contribution in [3.63, 3.8) is 0 Å². The number of rotatable bonds is 3. The summed E-state index contributed by atoms with van der Waals surface area (Å²) in [5.41, 5.74) is 1.83. The highest BCUT2D eigenvalue weighted by atomic mass is 35.5. The third-order valence-corrected chi connectivity index (χ3v) is 3.51. The zero-order chi connectivity index (χ0) is 12.4. The zero-order valence-electron chi connectivity index (χ0n) is 9.48. The molecule has 2 aromatic rings. The van der Waals surface area contributed by atoms with Gasteiger partial charge in [0.25, 0.3) is 0 Å². The molecule has 0 aromatic carbocycles. The monoisotopic (exact) mass is 266 g/mol. The Balaban J connectivity index is 2.16. The average Bonchev–Trinajstić information content (AvgIpc) is 2.82. The third kappa shape index (κ3) is 2.84. The van der Waals surface area contributed by atoms with Crippen molar-refractivity contribution in [1.29, 1.82) is 0 Å². The minimum Gasteiger partial charge on any atom is -0.288 e. The lowest BCUT2D eigenvalue weighted by molar-refractivity contribution is 0.105. The number of halogens is 1. The van der Waals surface area contributed by atoms with Crippen LogP contribution in [-0.4, -0.2) is 15.6 Å². The molecule has 0 atom stereocenters. The summed E-state index contributed by atoms with van der Waals surface area (Å²) in [4.78, 5) is 12.4. The van der Waals surface area contributed by atoms with Gasteiger partial charge in [0.05, 0.1) is 20.6 Å². The number of carbonyl (C=O) groups excluding carboxylic acids is 1. The summed E-state index contributed by atoms with van der Waals surface area (Å²) in [5.74, 6) is -0.0410. The molecule has 0 unspecified atom stereocenters. The van der Waals surface area contributed by atoms with Gasteiger partial charge in [-0.25, -0.2) is 0 Å². The standard InChI is InChI=1S/C12H11ClN2OS/c1-8-7-9(15(2)14-8)3-4-10(16)11-5-6-12(13)17-11/h3-7H,1-2H3/b4-3+. The lowest BCUT2D eigenvalue weighted by atomic mass is 10.2. The second kappa shape index (κ2) is 4.85. The number of hydrogen-bond donors (Lipinski definition) is 0. The smallest absolute Gasteiger partial charge is 0.195 e. The van der Waals surface area contributed by atoms with Crippen LogP contribution in [0.1, 0.15) is 21.1 Å². The molecule has 17 heavy (non-hydrogen) atoms. The van der Waals surface area contributed by atoms with Crippen LogP contribution in [0.5, 0.6) is 0 Å². The van der Waals surface area contributed by atoms with Crippen LogP contribution in [0, 0.1) is 6.92 Å². The first-order chi connectivity index (χ1) is 8.06. The maximum atomic E-state index is 11.8. The van der Waals surface area contributed by atoms with Crippen LogP contribution in [-0.2, 0) is 7.05 Å². The number of ketones is 1. The van der Waals surface area contributed by atoms with Gasteiger partial charge in [-0.1, -0.05) is 11.6 Å². The Bertz CT molecular complexity index is 583. The number of hydrogen-bond acceptors (Lipinski definition) is 3. The fraction of sp³-hybridized carbons (Fsp3) is 0.167. The lowest BCUT2D eigenvalue weighted by Crippen LogP contribution is -1.94. The van der Waals surface area contributed by atoms with Crippen molar-refractivity contribution in [1.82, 2.24) is 9.78 Å². The van der Waals surface area contributed by atoms with Crippen molar-refractivity contribution < 1.29 is 4.79 Å². The fourth-order valence-electron chi connectivity index (χ4n) is 1.48. The molecule has 0 aliphatic carbocycles. The van der Waals surface area contributed by atoms with E-state index in [0.717, 1.165) is 11.4 Å². The third-order valence-electron chi connectivity index (χ3n) is 2.26. The molecule has 2 rings (SSSR count). The maximum Gasteiger partial charge on any atom is 0.195 e. The SMILES string of the molecule is Cc1cc(/C=C/C(=O)c2ccc(Cl)s2)n(C)n1. The Hall–Kier alpha value is -1.39. The van der Waals surface area contributed by atoms with E-state index in [1.165, 1.54) is 11.3 Å². The summed E-state index contributed by atoms with van der Waals surface area (Å²) in [5, 5.41) is 4.20. The molecular weight excluding hydrogens is 256 g/mol. The van der Waals surface area contributed by atoms with E-state index in [-0.39, 0.29) is 5.78 Å². The van der Waals surface area contributed by atoms with Gasteiger partial charge in [-0.15, -0.1) is 11.3 Å². The summed E-state index contributed by atoms with van der Waals surface area (Å²) >= 11 is 7.06. The molecule has 0 radical (unpaired) electrons. The normalized spacial score (nSPS) is 11.2. The quantitative estimate of drug-likeness (QED) is 0.631. The Morgan fingerprint density at radius 1 is 1.53 bits per heavy atom. The van der Waals surface area contributed by atoms with Gasteiger partial charge in [0.1, 0.15) is 0 Å². The van der Waals surface area contributed by atoms with Gasteiger partial charge in [-0.2, -0.15) is 5.10 Å². The van der Waals surface area contributed by atoms with Crippen molar-refractivity contribution in [3.05, 3.63) is 44.9 Å². The molecule has 0 aliphatic rings. The minimum absolute atomic E-state index is 0.0410. The molecule has 2 aromatic heterocycles. The van der Waals surface area contributed by atoms with Gasteiger partial charge < -0.3 is 0 Å². The van der Waals surface area contributed by atoms with Gasteiger partial charge in [0.2, 0.25) is 0 Å². The van der Waals surface area contributed by atoms with E-state index in [4.69, 9.17) is 11.6 Å². The molecule has 0 bridgehead atoms. The van der Waals surface area contributed by atoms with Gasteiger partial charge in [0, 0.05) is 7.05 Å². The van der Waals surface area contributed by atoms with Gasteiger partial charge >= 0.3 is 0 Å². The maximum absolute atomic E-state index is 11.8. The number of carbonyl (C=O) groups is 1. The molecule has 5 heteroatoms. The summed E-state index contributed by atoms with van der Waals surface area (Å²) in [6.45, 7) is 1.91. The van der Waals surface area contributed by atoms with Crippen LogP contribution < -0.4 is 0 Å². The van der Waals surface area contributed by atoms with Crippen molar-refractivity contribution in [3.8, 4) is 0 Å². The Kier molecular flexibility index (Phi) is 3.45. The van der Waals surface area contributed by atoms with Gasteiger partial charge in [-0.3, -0.25) is 9.48 Å². The first-order valence-electron chi connectivity index (χ1n) is 5.04. The number of allylic oxidation sites excluding steroid dienone is 1. The predicted octanol–water partition coefficient (Wildman–Crippen LogP) is 3.34. The van der Waals surface area contributed by atoms with E-state index < -0.39 is 0 Å². The molecular formula is C12H11ClN2OS. The minimum atomic E-state index is -0.0410. The summed E-state index contributed by atoms with van der Waals surface area (Å²) in [6.07, 6.45) is 3.30. The fourth-order valence-corrected chi connectivity index (χ4v) is 2.44. The second-order valence-corrected chi connectivity index (χ2v) is 5.35. The van der Waals surface area contributed by atoms with Crippen LogP contribution in [0.15, 0.2) is 24.3 Å². The molecule has 0 N–H and O–H groups in total. The van der Waals surface area contributed by atoms with E-state index >= 15 is 0 Å². The van der Waals surface area contributed by atoms with Gasteiger partial charge in [0.15, 0.2) is 5.78 Å². The lowest BCUT2D eigenvalue weighted by Gasteiger charge is -1.93. The van der Waals surface area contributed by atoms with Crippen molar-refractivity contribution in [2.75, 3.05) is 0 Å². The van der Waals surface area contributed by atoms with E-state index in [1.54, 1.807) is 29.0 Å².